The summed E-state index contributed by atoms with van der Waals surface area (Å²) in [7, 11) is -2.09. The number of hydrogen-bond acceptors (Lipinski definition) is 4. The average Bonchev–Trinajstić information content (AvgIpc) is 2.80. The van der Waals surface area contributed by atoms with E-state index in [-0.39, 0.29) is 37.7 Å². The lowest BCUT2D eigenvalue weighted by Gasteiger charge is -2.31. The average molecular weight is 563 g/mol. The zero-order valence-corrected chi connectivity index (χ0v) is 23.2. The molecule has 1 atom stereocenters. The molecule has 0 aliphatic heterocycles. The Hall–Kier alpha value is -2.00. The summed E-state index contributed by atoms with van der Waals surface area (Å²) in [5.41, 5.74) is 1.83. The summed E-state index contributed by atoms with van der Waals surface area (Å²) in [6, 6.07) is 9.41. The molecule has 11 heteroatoms. The van der Waals surface area contributed by atoms with Crippen molar-refractivity contribution < 1.29 is 18.0 Å². The molecule has 0 unspecified atom stereocenters. The zero-order chi connectivity index (χ0) is 26.3. The van der Waals surface area contributed by atoms with E-state index in [9.17, 15) is 18.0 Å². The zero-order valence-electron chi connectivity index (χ0n) is 20.1. The molecule has 1 N–H and O–H groups in total. The molecule has 0 aliphatic rings. The van der Waals surface area contributed by atoms with E-state index in [1.54, 1.807) is 43.3 Å². The molecule has 0 bridgehead atoms. The molecule has 0 spiro atoms. The van der Waals surface area contributed by atoms with Gasteiger partial charge in [0.2, 0.25) is 21.8 Å². The predicted molar refractivity (Wildman–Crippen MR) is 143 cm³/mol. The van der Waals surface area contributed by atoms with Crippen molar-refractivity contribution in [1.29, 1.82) is 0 Å². The predicted octanol–water partition coefficient (Wildman–Crippen LogP) is 5.05. The highest BCUT2D eigenvalue weighted by Crippen LogP contribution is 2.29. The van der Waals surface area contributed by atoms with Crippen LogP contribution in [0.2, 0.25) is 15.1 Å². The quantitative estimate of drug-likeness (QED) is 0.415. The number of halogens is 3. The third-order valence-electron chi connectivity index (χ3n) is 5.63. The molecule has 2 aromatic carbocycles. The number of amides is 2. The normalized spacial score (nSPS) is 12.2. The topological polar surface area (TPSA) is 86.8 Å². The molecule has 35 heavy (non-hydrogen) atoms. The summed E-state index contributed by atoms with van der Waals surface area (Å²) in [4.78, 5) is 27.3. The van der Waals surface area contributed by atoms with Gasteiger partial charge in [0.15, 0.2) is 0 Å². The molecule has 7 nitrogen and oxygen atoms in total. The Kier molecular flexibility index (Phi) is 10.7. The van der Waals surface area contributed by atoms with Crippen LogP contribution >= 0.6 is 34.8 Å². The number of carbonyl (C=O) groups is 2. The van der Waals surface area contributed by atoms with Gasteiger partial charge >= 0.3 is 0 Å². The number of sulfonamides is 1. The lowest BCUT2D eigenvalue weighted by Crippen LogP contribution is -2.48. The van der Waals surface area contributed by atoms with Crippen LogP contribution in [0, 0.1) is 6.92 Å². The van der Waals surface area contributed by atoms with E-state index in [0.29, 0.717) is 32.7 Å². The van der Waals surface area contributed by atoms with Gasteiger partial charge in [0.25, 0.3) is 0 Å². The van der Waals surface area contributed by atoms with Crippen molar-refractivity contribution in [3.63, 3.8) is 0 Å². The molecule has 0 fully saturated rings. The Balaban J connectivity index is 2.25. The van der Waals surface area contributed by atoms with Crippen molar-refractivity contribution >= 4 is 62.3 Å². The molecule has 0 heterocycles. The molecule has 0 radical (unpaired) electrons. The highest BCUT2D eigenvalue weighted by Gasteiger charge is 2.28. The molecule has 192 valence electrons. The molecule has 2 rings (SSSR count). The first-order valence-corrected chi connectivity index (χ1v) is 14.1. The van der Waals surface area contributed by atoms with E-state index < -0.39 is 16.1 Å². The maximum Gasteiger partial charge on any atom is 0.242 e. The van der Waals surface area contributed by atoms with Gasteiger partial charge < -0.3 is 10.2 Å². The van der Waals surface area contributed by atoms with Gasteiger partial charge in [-0.15, -0.1) is 0 Å². The summed E-state index contributed by atoms with van der Waals surface area (Å²) in [5.74, 6) is -0.559. The third kappa shape index (κ3) is 7.74. The fourth-order valence-electron chi connectivity index (χ4n) is 3.77. The van der Waals surface area contributed by atoms with Gasteiger partial charge in [0.1, 0.15) is 6.04 Å². The van der Waals surface area contributed by atoms with E-state index >= 15 is 0 Å². The monoisotopic (exact) mass is 561 g/mol. The Morgan fingerprint density at radius 2 is 1.74 bits per heavy atom. The number of carbonyl (C=O) groups excluding carboxylic acids is 2. The van der Waals surface area contributed by atoms with Crippen LogP contribution in [-0.4, -0.2) is 51.0 Å². The van der Waals surface area contributed by atoms with Gasteiger partial charge in [0.05, 0.1) is 22.0 Å². The minimum atomic E-state index is -3.61. The first-order valence-electron chi connectivity index (χ1n) is 11.1. The molecule has 0 aliphatic carbocycles. The second-order valence-electron chi connectivity index (χ2n) is 8.13. The van der Waals surface area contributed by atoms with Crippen LogP contribution in [0.1, 0.15) is 37.3 Å². The largest absolute Gasteiger partial charge is 0.357 e. The van der Waals surface area contributed by atoms with Gasteiger partial charge in [-0.1, -0.05) is 53.9 Å². The van der Waals surface area contributed by atoms with Gasteiger partial charge in [-0.2, -0.15) is 0 Å². The number of anilines is 1. The smallest absolute Gasteiger partial charge is 0.242 e. The van der Waals surface area contributed by atoms with Crippen LogP contribution in [0.5, 0.6) is 0 Å². The molecule has 0 saturated heterocycles. The number of benzene rings is 2. The van der Waals surface area contributed by atoms with Crippen LogP contribution in [0.15, 0.2) is 36.4 Å². The summed E-state index contributed by atoms with van der Waals surface area (Å²) < 4.78 is 26.3. The minimum Gasteiger partial charge on any atom is -0.357 e. The Morgan fingerprint density at radius 1 is 1.06 bits per heavy atom. The number of nitrogens with zero attached hydrogens (tertiary/aromatic N) is 2. The summed E-state index contributed by atoms with van der Waals surface area (Å²) >= 11 is 18.3. The van der Waals surface area contributed by atoms with E-state index in [4.69, 9.17) is 34.8 Å². The molecule has 2 aromatic rings. The van der Waals surface area contributed by atoms with Crippen molar-refractivity contribution in [2.45, 2.75) is 45.7 Å². The molecular weight excluding hydrogens is 533 g/mol. The van der Waals surface area contributed by atoms with Crippen LogP contribution in [0.4, 0.5) is 5.69 Å². The maximum atomic E-state index is 13.3. The Labute approximate surface area is 222 Å². The van der Waals surface area contributed by atoms with E-state index in [0.717, 1.165) is 11.8 Å². The lowest BCUT2D eigenvalue weighted by molar-refractivity contribution is -0.141. The van der Waals surface area contributed by atoms with E-state index in [1.807, 2.05) is 6.92 Å². The standard InChI is InChI=1S/C24H30Cl3N3O4S/c1-5-21(24(32)28-3)29(15-17-11-12-19(26)20(27)14-17)23(31)10-7-13-30(35(4,33)34)22-9-6-8-18(25)16(22)2/h6,8-9,11-12,14,21H,5,7,10,13,15H2,1-4H3,(H,28,32)/t21-/m0/s1. The van der Waals surface area contributed by atoms with Crippen LogP contribution in [0.3, 0.4) is 0 Å². The second kappa shape index (κ2) is 12.8. The third-order valence-corrected chi connectivity index (χ3v) is 7.96. The fourth-order valence-corrected chi connectivity index (χ4v) is 5.28. The Morgan fingerprint density at radius 3 is 2.31 bits per heavy atom. The minimum absolute atomic E-state index is 0.0421. The molecular formula is C24H30Cl3N3O4S. The Bertz CT molecular complexity index is 1170. The van der Waals surface area contributed by atoms with E-state index in [1.165, 1.54) is 16.3 Å². The molecule has 0 aromatic heterocycles. The fraction of sp³-hybridized carbons (Fsp3) is 0.417. The number of hydrogen-bond donors (Lipinski definition) is 1. The van der Waals surface area contributed by atoms with Gasteiger partial charge in [0, 0.05) is 31.6 Å². The molecule has 0 saturated carbocycles. The highest BCUT2D eigenvalue weighted by atomic mass is 35.5. The van der Waals surface area contributed by atoms with Gasteiger partial charge in [-0.05, 0) is 55.2 Å². The highest BCUT2D eigenvalue weighted by molar-refractivity contribution is 7.92. The number of rotatable bonds is 11. The number of likely N-dealkylation sites (N-methyl/N-ethyl adjacent to an activating group) is 1. The number of nitrogens with one attached hydrogen (secondary N) is 1. The first kappa shape index (κ1) is 29.2. The van der Waals surface area contributed by atoms with Crippen molar-refractivity contribution in [2.24, 2.45) is 0 Å². The van der Waals surface area contributed by atoms with Crippen LogP contribution in [0.25, 0.3) is 0 Å². The van der Waals surface area contributed by atoms with Gasteiger partial charge in [-0.25, -0.2) is 8.42 Å². The second-order valence-corrected chi connectivity index (χ2v) is 11.3. The van der Waals surface area contributed by atoms with Crippen molar-refractivity contribution in [3.05, 3.63) is 62.6 Å². The summed E-state index contributed by atoms with van der Waals surface area (Å²) in [5, 5.41) is 3.80. The van der Waals surface area contributed by atoms with Crippen molar-refractivity contribution in [1.82, 2.24) is 10.2 Å². The lowest BCUT2D eigenvalue weighted by atomic mass is 10.1. The van der Waals surface area contributed by atoms with Crippen molar-refractivity contribution in [2.75, 3.05) is 24.2 Å². The summed E-state index contributed by atoms with van der Waals surface area (Å²) in [6.07, 6.45) is 1.81. The van der Waals surface area contributed by atoms with Gasteiger partial charge in [-0.3, -0.25) is 13.9 Å². The van der Waals surface area contributed by atoms with Crippen LogP contribution < -0.4 is 9.62 Å². The van der Waals surface area contributed by atoms with E-state index in [2.05, 4.69) is 5.32 Å². The summed E-state index contributed by atoms with van der Waals surface area (Å²) in [6.45, 7) is 3.81. The van der Waals surface area contributed by atoms with Crippen molar-refractivity contribution in [3.8, 4) is 0 Å². The maximum absolute atomic E-state index is 13.3. The first-order chi connectivity index (χ1) is 16.4. The van der Waals surface area contributed by atoms with Crippen LogP contribution in [-0.2, 0) is 26.2 Å². The molecule has 2 amide bonds. The SMILES string of the molecule is CC[C@@H](C(=O)NC)N(Cc1ccc(Cl)c(Cl)c1)C(=O)CCCN(c1cccc(Cl)c1C)S(C)(=O)=O.